The zero-order valence-electron chi connectivity index (χ0n) is 16.6. The van der Waals surface area contributed by atoms with Crippen molar-refractivity contribution in [3.05, 3.63) is 51.7 Å². The number of carbonyl (C=O) groups excluding carboxylic acids is 1. The van der Waals surface area contributed by atoms with Crippen molar-refractivity contribution in [1.82, 2.24) is 9.21 Å². The molecule has 8 heteroatoms. The smallest absolute Gasteiger partial charge is 0.277 e. The lowest BCUT2D eigenvalue weighted by atomic mass is 10.2. The summed E-state index contributed by atoms with van der Waals surface area (Å²) < 4.78 is 27.5. The molecule has 0 saturated carbocycles. The van der Waals surface area contributed by atoms with Gasteiger partial charge in [0.15, 0.2) is 6.54 Å². The average Bonchev–Trinajstić information content (AvgIpc) is 3.16. The minimum Gasteiger partial charge on any atom is -0.335 e. The van der Waals surface area contributed by atoms with E-state index < -0.39 is 10.0 Å². The van der Waals surface area contributed by atoms with Crippen molar-refractivity contribution >= 4 is 27.3 Å². The molecule has 1 fully saturated rings. The molecule has 1 saturated heterocycles. The Labute approximate surface area is 171 Å². The van der Waals surface area contributed by atoms with E-state index in [1.807, 2.05) is 44.5 Å². The van der Waals surface area contributed by atoms with Gasteiger partial charge in [0.2, 0.25) is 10.0 Å². The molecule has 152 valence electrons. The van der Waals surface area contributed by atoms with Crippen LogP contribution in [0, 0.1) is 13.8 Å². The second-order valence-corrected chi connectivity index (χ2v) is 10.4. The number of likely N-dealkylation sites (N-methyl/N-ethyl adjacent to an activating group) is 1. The van der Waals surface area contributed by atoms with Crippen LogP contribution >= 0.6 is 11.3 Å². The van der Waals surface area contributed by atoms with Gasteiger partial charge < -0.3 is 9.80 Å². The van der Waals surface area contributed by atoms with E-state index in [-0.39, 0.29) is 5.91 Å². The normalized spacial score (nSPS) is 16.9. The van der Waals surface area contributed by atoms with Crippen molar-refractivity contribution in [3.63, 3.8) is 0 Å². The Hall–Kier alpha value is -1.74. The van der Waals surface area contributed by atoms with Crippen LogP contribution in [0.1, 0.15) is 16.0 Å². The molecule has 0 radical (unpaired) electrons. The Kier molecular flexibility index (Phi) is 6.54. The minimum absolute atomic E-state index is 0.0813. The third kappa shape index (κ3) is 4.81. The van der Waals surface area contributed by atoms with Crippen LogP contribution in [-0.4, -0.2) is 63.3 Å². The Bertz CT molecular complexity index is 918. The molecule has 3 rings (SSSR count). The minimum atomic E-state index is -3.53. The highest BCUT2D eigenvalue weighted by atomic mass is 32.2. The number of hydrogen-bond acceptors (Lipinski definition) is 4. The van der Waals surface area contributed by atoms with E-state index in [9.17, 15) is 13.2 Å². The maximum absolute atomic E-state index is 13.0. The van der Waals surface area contributed by atoms with Gasteiger partial charge in [-0.2, -0.15) is 4.31 Å². The molecule has 1 aliphatic heterocycles. The molecule has 1 aromatic carbocycles. The monoisotopic (exact) mass is 422 g/mol. The Balaban J connectivity index is 1.57. The number of rotatable bonds is 6. The lowest BCUT2D eigenvalue weighted by Crippen LogP contribution is -3.08. The fourth-order valence-electron chi connectivity index (χ4n) is 3.45. The molecule has 1 unspecified atom stereocenters. The highest BCUT2D eigenvalue weighted by Crippen LogP contribution is 2.22. The summed E-state index contributed by atoms with van der Waals surface area (Å²) in [5.74, 6) is 0.0813. The number of piperazine rings is 1. The topological polar surface area (TPSA) is 62.1 Å². The molecule has 1 aliphatic rings. The van der Waals surface area contributed by atoms with E-state index in [1.54, 1.807) is 22.3 Å². The SMILES string of the molecule is Cc1ccc(C)c(S(=O)(=O)N2CCN(C(=O)C[NH+](C)Cc3cccs3)CC2)c1. The predicted octanol–water partition coefficient (Wildman–Crippen LogP) is 0.913. The molecular weight excluding hydrogens is 394 g/mol. The van der Waals surface area contributed by atoms with Crippen LogP contribution in [0.15, 0.2) is 40.6 Å². The second kappa shape index (κ2) is 8.73. The van der Waals surface area contributed by atoms with E-state index in [4.69, 9.17) is 0 Å². The van der Waals surface area contributed by atoms with Crippen LogP contribution in [-0.2, 0) is 21.4 Å². The standard InChI is InChI=1S/C20H27N3O3S2/c1-16-6-7-17(2)19(13-16)28(25,26)23-10-8-22(9-11-23)20(24)15-21(3)14-18-5-4-12-27-18/h4-7,12-13H,8-11,14-15H2,1-3H3/p+1. The second-order valence-electron chi connectivity index (χ2n) is 7.44. The number of carbonyl (C=O) groups is 1. The Morgan fingerprint density at radius 3 is 2.50 bits per heavy atom. The van der Waals surface area contributed by atoms with Gasteiger partial charge in [0.1, 0.15) is 6.54 Å². The quantitative estimate of drug-likeness (QED) is 0.753. The summed E-state index contributed by atoms with van der Waals surface area (Å²) in [6, 6.07) is 9.58. The number of nitrogens with zero attached hydrogens (tertiary/aromatic N) is 2. The van der Waals surface area contributed by atoms with Crippen molar-refractivity contribution in [2.45, 2.75) is 25.3 Å². The van der Waals surface area contributed by atoms with Gasteiger partial charge in [0.25, 0.3) is 5.91 Å². The van der Waals surface area contributed by atoms with E-state index in [0.29, 0.717) is 37.6 Å². The van der Waals surface area contributed by atoms with Crippen LogP contribution in [0.25, 0.3) is 0 Å². The van der Waals surface area contributed by atoms with E-state index in [0.717, 1.165) is 22.6 Å². The summed E-state index contributed by atoms with van der Waals surface area (Å²) in [5.41, 5.74) is 1.68. The molecule has 2 heterocycles. The molecule has 0 spiro atoms. The summed E-state index contributed by atoms with van der Waals surface area (Å²) in [7, 11) is -1.52. The number of amides is 1. The molecule has 1 atom stereocenters. The van der Waals surface area contributed by atoms with Crippen molar-refractivity contribution in [2.24, 2.45) is 0 Å². The zero-order valence-corrected chi connectivity index (χ0v) is 18.3. The third-order valence-corrected chi connectivity index (χ3v) is 7.98. The molecule has 1 amide bonds. The van der Waals surface area contributed by atoms with Gasteiger partial charge in [-0.1, -0.05) is 18.2 Å². The third-order valence-electron chi connectivity index (χ3n) is 5.06. The first kappa shape index (κ1) is 21.0. The van der Waals surface area contributed by atoms with Gasteiger partial charge in [-0.15, -0.1) is 11.3 Å². The number of hydrogen-bond donors (Lipinski definition) is 1. The van der Waals surface area contributed by atoms with Crippen LogP contribution in [0.4, 0.5) is 0 Å². The van der Waals surface area contributed by atoms with E-state index >= 15 is 0 Å². The molecule has 6 nitrogen and oxygen atoms in total. The van der Waals surface area contributed by atoms with Crippen LogP contribution in [0.3, 0.4) is 0 Å². The number of quaternary nitrogens is 1. The van der Waals surface area contributed by atoms with Crippen LogP contribution in [0.2, 0.25) is 0 Å². The highest BCUT2D eigenvalue weighted by Gasteiger charge is 2.31. The molecular formula is C20H28N3O3S2+. The molecule has 1 aromatic heterocycles. The highest BCUT2D eigenvalue weighted by molar-refractivity contribution is 7.89. The van der Waals surface area contributed by atoms with Gasteiger partial charge in [0, 0.05) is 26.2 Å². The number of benzene rings is 1. The lowest BCUT2D eigenvalue weighted by molar-refractivity contribution is -0.885. The zero-order chi connectivity index (χ0) is 20.3. The summed E-state index contributed by atoms with van der Waals surface area (Å²) in [4.78, 5) is 17.2. The van der Waals surface area contributed by atoms with Gasteiger partial charge in [-0.05, 0) is 42.5 Å². The predicted molar refractivity (Wildman–Crippen MR) is 111 cm³/mol. The fourth-order valence-corrected chi connectivity index (χ4v) is 6.00. The molecule has 0 bridgehead atoms. The van der Waals surface area contributed by atoms with Gasteiger partial charge in [0.05, 0.1) is 16.8 Å². The molecule has 28 heavy (non-hydrogen) atoms. The fraction of sp³-hybridized carbons (Fsp3) is 0.450. The van der Waals surface area contributed by atoms with Crippen molar-refractivity contribution in [2.75, 3.05) is 39.8 Å². The van der Waals surface area contributed by atoms with Gasteiger partial charge >= 0.3 is 0 Å². The summed E-state index contributed by atoms with van der Waals surface area (Å²) in [6.07, 6.45) is 0. The lowest BCUT2D eigenvalue weighted by Gasteiger charge is -2.34. The van der Waals surface area contributed by atoms with E-state index in [1.165, 1.54) is 9.18 Å². The number of nitrogens with one attached hydrogen (secondary N) is 1. The molecule has 1 N–H and O–H groups in total. The maximum atomic E-state index is 13.0. The maximum Gasteiger partial charge on any atom is 0.277 e. The van der Waals surface area contributed by atoms with E-state index in [2.05, 4.69) is 6.07 Å². The van der Waals surface area contributed by atoms with Crippen molar-refractivity contribution in [1.29, 1.82) is 0 Å². The average molecular weight is 423 g/mol. The van der Waals surface area contributed by atoms with Crippen LogP contribution in [0.5, 0.6) is 0 Å². The first-order chi connectivity index (χ1) is 13.3. The van der Waals surface area contributed by atoms with Crippen molar-refractivity contribution < 1.29 is 18.1 Å². The molecule has 0 aliphatic carbocycles. The summed E-state index contributed by atoms with van der Waals surface area (Å²) in [5, 5.41) is 2.04. The number of thiophene rings is 1. The van der Waals surface area contributed by atoms with Gasteiger partial charge in [-0.3, -0.25) is 4.79 Å². The van der Waals surface area contributed by atoms with Crippen molar-refractivity contribution in [3.8, 4) is 0 Å². The van der Waals surface area contributed by atoms with Crippen LogP contribution < -0.4 is 4.90 Å². The first-order valence-electron chi connectivity index (χ1n) is 9.46. The number of aryl methyl sites for hydroxylation is 2. The first-order valence-corrected chi connectivity index (χ1v) is 11.8. The Morgan fingerprint density at radius 2 is 1.86 bits per heavy atom. The largest absolute Gasteiger partial charge is 0.335 e. The summed E-state index contributed by atoms with van der Waals surface area (Å²) in [6.45, 7) is 6.51. The molecule has 2 aromatic rings. The Morgan fingerprint density at radius 1 is 1.14 bits per heavy atom. The summed E-state index contributed by atoms with van der Waals surface area (Å²) >= 11 is 1.70. The number of sulfonamides is 1. The van der Waals surface area contributed by atoms with Gasteiger partial charge in [-0.25, -0.2) is 8.42 Å².